The van der Waals surface area contributed by atoms with Gasteiger partial charge in [0.2, 0.25) is 5.95 Å². The van der Waals surface area contributed by atoms with Gasteiger partial charge in [0.15, 0.2) is 0 Å². The summed E-state index contributed by atoms with van der Waals surface area (Å²) in [6.45, 7) is 5.18. The molecule has 0 bridgehead atoms. The van der Waals surface area contributed by atoms with Crippen LogP contribution in [0.3, 0.4) is 0 Å². The van der Waals surface area contributed by atoms with Gasteiger partial charge in [-0.3, -0.25) is 5.32 Å². The predicted molar refractivity (Wildman–Crippen MR) is 63.4 cm³/mol. The molecule has 0 atom stereocenters. The first-order valence-corrected chi connectivity index (χ1v) is 5.33. The van der Waals surface area contributed by atoms with Gasteiger partial charge in [-0.25, -0.2) is 9.78 Å². The summed E-state index contributed by atoms with van der Waals surface area (Å²) in [5.74, 6) is -0.699. The number of rotatable bonds is 2. The Bertz CT molecular complexity index is 489. The van der Waals surface area contributed by atoms with E-state index in [-0.39, 0.29) is 12.1 Å². The topological polar surface area (TPSA) is 75.0 Å². The van der Waals surface area contributed by atoms with E-state index in [2.05, 4.69) is 10.3 Å². The van der Waals surface area contributed by atoms with E-state index >= 15 is 0 Å². The number of nitriles is 1. The van der Waals surface area contributed by atoms with Crippen molar-refractivity contribution in [3.63, 3.8) is 0 Å². The third-order valence-electron chi connectivity index (χ3n) is 1.86. The van der Waals surface area contributed by atoms with E-state index in [0.29, 0.717) is 5.56 Å². The Morgan fingerprint density at radius 2 is 2.28 bits per heavy atom. The maximum Gasteiger partial charge on any atom is 0.412 e. The van der Waals surface area contributed by atoms with Gasteiger partial charge in [0.1, 0.15) is 5.60 Å². The molecule has 0 aliphatic rings. The van der Waals surface area contributed by atoms with Gasteiger partial charge in [0, 0.05) is 0 Å². The van der Waals surface area contributed by atoms with Gasteiger partial charge in [-0.1, -0.05) is 0 Å². The van der Waals surface area contributed by atoms with E-state index in [1.165, 1.54) is 0 Å². The van der Waals surface area contributed by atoms with E-state index in [1.807, 2.05) is 6.07 Å². The Balaban J connectivity index is 2.84. The van der Waals surface area contributed by atoms with Crippen molar-refractivity contribution in [1.82, 2.24) is 4.98 Å². The van der Waals surface area contributed by atoms with Gasteiger partial charge in [-0.2, -0.15) is 9.65 Å². The van der Waals surface area contributed by atoms with Gasteiger partial charge >= 0.3 is 6.09 Å². The van der Waals surface area contributed by atoms with E-state index < -0.39 is 17.6 Å². The lowest BCUT2D eigenvalue weighted by Crippen LogP contribution is -2.27. The van der Waals surface area contributed by atoms with Crippen LogP contribution in [0.25, 0.3) is 0 Å². The third-order valence-corrected chi connectivity index (χ3v) is 1.86. The summed E-state index contributed by atoms with van der Waals surface area (Å²) in [5.41, 5.74) is -0.00418. The van der Waals surface area contributed by atoms with Crippen molar-refractivity contribution in [3.8, 4) is 6.07 Å². The van der Waals surface area contributed by atoms with Gasteiger partial charge in [-0.05, 0) is 32.4 Å². The molecule has 0 unspecified atom stereocenters. The Hall–Kier alpha value is -2.16. The summed E-state index contributed by atoms with van der Waals surface area (Å²) in [7, 11) is 0. The van der Waals surface area contributed by atoms with Crippen LogP contribution in [0.2, 0.25) is 0 Å². The molecule has 18 heavy (non-hydrogen) atoms. The number of anilines is 1. The molecule has 6 heteroatoms. The van der Waals surface area contributed by atoms with E-state index in [0.717, 1.165) is 12.3 Å². The van der Waals surface area contributed by atoms with E-state index in [9.17, 15) is 9.18 Å². The quantitative estimate of drug-likeness (QED) is 0.820. The van der Waals surface area contributed by atoms with Crippen molar-refractivity contribution < 1.29 is 13.9 Å². The number of halogens is 1. The van der Waals surface area contributed by atoms with Crippen LogP contribution in [0.5, 0.6) is 0 Å². The Kier molecular flexibility index (Phi) is 4.21. The van der Waals surface area contributed by atoms with Crippen molar-refractivity contribution in [3.05, 3.63) is 23.8 Å². The first-order valence-electron chi connectivity index (χ1n) is 5.33. The van der Waals surface area contributed by atoms with Crippen LogP contribution < -0.4 is 5.32 Å². The summed E-state index contributed by atoms with van der Waals surface area (Å²) in [4.78, 5) is 15.0. The molecule has 0 saturated carbocycles. The van der Waals surface area contributed by atoms with Gasteiger partial charge < -0.3 is 4.74 Å². The molecule has 1 aromatic heterocycles. The number of hydrogen-bond acceptors (Lipinski definition) is 4. The highest BCUT2D eigenvalue weighted by molar-refractivity contribution is 5.85. The Morgan fingerprint density at radius 1 is 1.61 bits per heavy atom. The van der Waals surface area contributed by atoms with Crippen molar-refractivity contribution >= 4 is 11.8 Å². The van der Waals surface area contributed by atoms with Crippen LogP contribution >= 0.6 is 0 Å². The molecule has 1 amide bonds. The molecule has 1 heterocycles. The summed E-state index contributed by atoms with van der Waals surface area (Å²) in [6.07, 6.45) is 0.464. The predicted octanol–water partition coefficient (Wildman–Crippen LogP) is 2.63. The number of amides is 1. The molecule has 1 N–H and O–H groups in total. The summed E-state index contributed by atoms with van der Waals surface area (Å²) < 4.78 is 18.0. The number of nitrogens with one attached hydrogen (secondary N) is 1. The SMILES string of the molecule is CC(C)(C)OC(=O)Nc1cnc(F)cc1CC#N. The minimum atomic E-state index is -0.699. The number of carbonyl (C=O) groups excluding carboxylic acids is 1. The molecule has 5 nitrogen and oxygen atoms in total. The third kappa shape index (κ3) is 4.37. The second-order valence-electron chi connectivity index (χ2n) is 4.63. The number of carbonyl (C=O) groups is 1. The molecule has 0 aliphatic heterocycles. The lowest BCUT2D eigenvalue weighted by molar-refractivity contribution is 0.0635. The van der Waals surface area contributed by atoms with Crippen molar-refractivity contribution in [2.24, 2.45) is 0 Å². The normalized spacial score (nSPS) is 10.6. The maximum absolute atomic E-state index is 12.9. The average molecular weight is 251 g/mol. The van der Waals surface area contributed by atoms with Gasteiger partial charge in [-0.15, -0.1) is 0 Å². The van der Waals surface area contributed by atoms with Crippen LogP contribution in [0, 0.1) is 17.3 Å². The average Bonchev–Trinajstić information content (AvgIpc) is 2.20. The zero-order valence-electron chi connectivity index (χ0n) is 10.5. The summed E-state index contributed by atoms with van der Waals surface area (Å²) >= 11 is 0. The van der Waals surface area contributed by atoms with Gasteiger partial charge in [0.05, 0.1) is 24.4 Å². The fraction of sp³-hybridized carbons (Fsp3) is 0.417. The first-order chi connectivity index (χ1) is 8.31. The molecule has 0 spiro atoms. The molecular weight excluding hydrogens is 237 g/mol. The van der Waals surface area contributed by atoms with Crippen molar-refractivity contribution in [1.29, 1.82) is 5.26 Å². The van der Waals surface area contributed by atoms with Crippen molar-refractivity contribution in [2.45, 2.75) is 32.8 Å². The fourth-order valence-corrected chi connectivity index (χ4v) is 1.23. The van der Waals surface area contributed by atoms with E-state index in [4.69, 9.17) is 10.00 Å². The Morgan fingerprint density at radius 3 is 2.83 bits per heavy atom. The molecule has 96 valence electrons. The largest absolute Gasteiger partial charge is 0.444 e. The minimum Gasteiger partial charge on any atom is -0.444 e. The number of hydrogen-bond donors (Lipinski definition) is 1. The zero-order chi connectivity index (χ0) is 13.8. The van der Waals surface area contributed by atoms with Gasteiger partial charge in [0.25, 0.3) is 0 Å². The van der Waals surface area contributed by atoms with Crippen LogP contribution in [-0.4, -0.2) is 16.7 Å². The number of aromatic nitrogens is 1. The zero-order valence-corrected chi connectivity index (χ0v) is 10.5. The second-order valence-corrected chi connectivity index (χ2v) is 4.63. The molecule has 1 aromatic rings. The fourth-order valence-electron chi connectivity index (χ4n) is 1.23. The molecule has 1 rings (SSSR count). The molecule has 0 aromatic carbocycles. The lowest BCUT2D eigenvalue weighted by atomic mass is 10.2. The van der Waals surface area contributed by atoms with Crippen molar-refractivity contribution in [2.75, 3.05) is 5.32 Å². The number of ether oxygens (including phenoxy) is 1. The monoisotopic (exact) mass is 251 g/mol. The van der Waals surface area contributed by atoms with Crippen LogP contribution in [0.4, 0.5) is 14.9 Å². The highest BCUT2D eigenvalue weighted by Gasteiger charge is 2.17. The summed E-state index contributed by atoms with van der Waals surface area (Å²) in [5, 5.41) is 11.1. The highest BCUT2D eigenvalue weighted by atomic mass is 19.1. The number of pyridine rings is 1. The molecule has 0 aliphatic carbocycles. The Labute approximate surface area is 105 Å². The second kappa shape index (κ2) is 5.45. The standard InChI is InChI=1S/C12H14FN3O2/c1-12(2,3)18-11(17)16-9-7-15-10(13)6-8(9)4-5-14/h6-7H,4H2,1-3H3,(H,16,17). The maximum atomic E-state index is 12.9. The minimum absolute atomic E-state index is 0.0232. The molecule has 0 fully saturated rings. The molecule has 0 saturated heterocycles. The van der Waals surface area contributed by atoms with Crippen LogP contribution in [-0.2, 0) is 11.2 Å². The lowest BCUT2D eigenvalue weighted by Gasteiger charge is -2.20. The van der Waals surface area contributed by atoms with E-state index in [1.54, 1.807) is 20.8 Å². The van der Waals surface area contributed by atoms with Crippen LogP contribution in [0.15, 0.2) is 12.3 Å². The highest BCUT2D eigenvalue weighted by Crippen LogP contribution is 2.17. The smallest absolute Gasteiger partial charge is 0.412 e. The number of nitrogens with zero attached hydrogens (tertiary/aromatic N) is 2. The molecule has 0 radical (unpaired) electrons. The molecular formula is C12H14FN3O2. The van der Waals surface area contributed by atoms with Crippen LogP contribution in [0.1, 0.15) is 26.3 Å². The first kappa shape index (κ1) is 13.9. The summed E-state index contributed by atoms with van der Waals surface area (Å²) in [6, 6.07) is 2.99.